The summed E-state index contributed by atoms with van der Waals surface area (Å²) in [4.78, 5) is 63.4. The van der Waals surface area contributed by atoms with Gasteiger partial charge in [0.05, 0.1) is 11.6 Å². The molecule has 2 aromatic heterocycles. The maximum Gasteiger partial charge on any atom is 0.243 e. The molecule has 1 aliphatic carbocycles. The van der Waals surface area contributed by atoms with Crippen LogP contribution in [0.4, 0.5) is 0 Å². The summed E-state index contributed by atoms with van der Waals surface area (Å²) in [5, 5.41) is 0.829. The predicted octanol–water partition coefficient (Wildman–Crippen LogP) is 5.80. The standard InChI is InChI=1S/C34H40N4O4/c1-4-30(41)29-15-34-12-11-26(40)10-8-6-5-7-9-23-13-24(25-17-35-22(3)36-18-25)14-27-28(21(2)39)19-37(33(23)27)20-32(42)38(29)31(34)16-34/h13-14,17-19,29,31H,4-12,15-16,20H2,1-3H3/t29-,31+,34-/m0/s1. The SMILES string of the molecule is CCC(=O)[C@@H]1C[C@]23CCC(=O)CCCCCCc4cc(-c5cnc(C)nc5)cc5c(C(C)=O)cn(c45)CC(=O)N1[C@@H]2C3. The van der Waals surface area contributed by atoms with Crippen molar-refractivity contribution in [3.63, 3.8) is 0 Å². The highest BCUT2D eigenvalue weighted by Crippen LogP contribution is 2.62. The zero-order chi connectivity index (χ0) is 29.6. The highest BCUT2D eigenvalue weighted by atomic mass is 16.2. The number of amides is 1. The van der Waals surface area contributed by atoms with Crippen molar-refractivity contribution in [2.75, 3.05) is 0 Å². The normalized spacial score (nSPS) is 24.9. The zero-order valence-corrected chi connectivity index (χ0v) is 24.9. The Morgan fingerprint density at radius 1 is 0.976 bits per heavy atom. The Morgan fingerprint density at radius 2 is 1.71 bits per heavy atom. The molecule has 4 heterocycles. The Kier molecular flexibility index (Phi) is 7.58. The van der Waals surface area contributed by atoms with Crippen LogP contribution in [0.15, 0.2) is 30.7 Å². The second kappa shape index (κ2) is 11.2. The molecule has 1 saturated heterocycles. The van der Waals surface area contributed by atoms with Gasteiger partial charge in [0.2, 0.25) is 5.91 Å². The van der Waals surface area contributed by atoms with Crippen molar-refractivity contribution in [2.24, 2.45) is 5.41 Å². The van der Waals surface area contributed by atoms with E-state index in [9.17, 15) is 19.2 Å². The number of nitrogens with zero attached hydrogens (tertiary/aromatic N) is 4. The summed E-state index contributed by atoms with van der Waals surface area (Å²) in [6.45, 7) is 5.34. The number of benzene rings is 1. The summed E-state index contributed by atoms with van der Waals surface area (Å²) in [7, 11) is 0. The summed E-state index contributed by atoms with van der Waals surface area (Å²) in [5.41, 5.74) is 4.27. The van der Waals surface area contributed by atoms with Crippen molar-refractivity contribution in [3.05, 3.63) is 47.7 Å². The maximum absolute atomic E-state index is 14.1. The molecule has 0 spiro atoms. The minimum atomic E-state index is -0.433. The highest BCUT2D eigenvalue weighted by molar-refractivity contribution is 6.09. The van der Waals surface area contributed by atoms with E-state index in [0.717, 1.165) is 72.5 Å². The van der Waals surface area contributed by atoms with E-state index in [4.69, 9.17) is 0 Å². The average molecular weight is 569 g/mol. The van der Waals surface area contributed by atoms with E-state index < -0.39 is 6.04 Å². The molecule has 3 aromatic rings. The molecular formula is C34H40N4O4. The third-order valence-corrected chi connectivity index (χ3v) is 9.83. The van der Waals surface area contributed by atoms with Crippen molar-refractivity contribution < 1.29 is 19.2 Å². The molecule has 2 bridgehead atoms. The monoisotopic (exact) mass is 568 g/mol. The average Bonchev–Trinajstić information content (AvgIpc) is 3.38. The van der Waals surface area contributed by atoms with Gasteiger partial charge in [0.1, 0.15) is 18.2 Å². The van der Waals surface area contributed by atoms with Crippen LogP contribution < -0.4 is 0 Å². The molecule has 6 rings (SSSR count). The Hall–Kier alpha value is -3.68. The highest BCUT2D eigenvalue weighted by Gasteiger charge is 2.66. The first kappa shape index (κ1) is 28.4. The van der Waals surface area contributed by atoms with Crippen LogP contribution in [-0.4, -0.2) is 54.8 Å². The van der Waals surface area contributed by atoms with Gasteiger partial charge in [0.15, 0.2) is 11.6 Å². The number of carbonyl (C=O) groups is 4. The van der Waals surface area contributed by atoms with Crippen molar-refractivity contribution in [3.8, 4) is 11.1 Å². The number of rotatable bonds is 4. The molecule has 1 amide bonds. The largest absolute Gasteiger partial charge is 0.337 e. The Balaban J connectivity index is 1.44. The van der Waals surface area contributed by atoms with Gasteiger partial charge in [-0.15, -0.1) is 0 Å². The first-order valence-corrected chi connectivity index (χ1v) is 15.5. The molecule has 2 fully saturated rings. The van der Waals surface area contributed by atoms with Crippen molar-refractivity contribution >= 4 is 34.2 Å². The van der Waals surface area contributed by atoms with Gasteiger partial charge in [-0.05, 0) is 81.0 Å². The molecular weight excluding hydrogens is 528 g/mol. The molecule has 42 heavy (non-hydrogen) atoms. The molecule has 1 saturated carbocycles. The smallest absolute Gasteiger partial charge is 0.243 e. The summed E-state index contributed by atoms with van der Waals surface area (Å²) in [5.74, 6) is 0.935. The number of hydrogen-bond donors (Lipinski definition) is 0. The van der Waals surface area contributed by atoms with E-state index in [1.165, 1.54) is 0 Å². The molecule has 0 N–H and O–H groups in total. The van der Waals surface area contributed by atoms with Gasteiger partial charge < -0.3 is 9.47 Å². The number of aryl methyl sites for hydroxylation is 2. The number of ketones is 3. The van der Waals surface area contributed by atoms with E-state index in [2.05, 4.69) is 16.0 Å². The van der Waals surface area contributed by atoms with E-state index in [-0.39, 0.29) is 35.5 Å². The Morgan fingerprint density at radius 3 is 2.43 bits per heavy atom. The molecule has 0 unspecified atom stereocenters. The number of hydrogen-bond acceptors (Lipinski definition) is 6. The van der Waals surface area contributed by atoms with Crippen LogP contribution in [0.2, 0.25) is 0 Å². The zero-order valence-electron chi connectivity index (χ0n) is 24.9. The van der Waals surface area contributed by atoms with E-state index in [0.29, 0.717) is 42.9 Å². The van der Waals surface area contributed by atoms with Gasteiger partial charge in [-0.2, -0.15) is 0 Å². The summed E-state index contributed by atoms with van der Waals surface area (Å²) in [6, 6.07) is 3.74. The lowest BCUT2D eigenvalue weighted by atomic mass is 9.90. The molecule has 8 heteroatoms. The van der Waals surface area contributed by atoms with Crippen LogP contribution in [0.5, 0.6) is 0 Å². The molecule has 3 aliphatic rings. The number of Topliss-reactive ketones (excluding diaryl/α,β-unsaturated/α-hetero) is 3. The molecule has 220 valence electrons. The van der Waals surface area contributed by atoms with Gasteiger partial charge in [0, 0.05) is 60.4 Å². The lowest BCUT2D eigenvalue weighted by Gasteiger charge is -2.27. The Labute approximate surface area is 246 Å². The maximum atomic E-state index is 14.1. The number of carbonyl (C=O) groups excluding carboxylic acids is 4. The van der Waals surface area contributed by atoms with E-state index in [1.54, 1.807) is 19.3 Å². The first-order chi connectivity index (χ1) is 20.2. The van der Waals surface area contributed by atoms with Crippen molar-refractivity contribution in [2.45, 2.75) is 110 Å². The fourth-order valence-corrected chi connectivity index (χ4v) is 7.43. The van der Waals surface area contributed by atoms with Crippen LogP contribution in [0.25, 0.3) is 22.0 Å². The summed E-state index contributed by atoms with van der Waals surface area (Å²) < 4.78 is 1.94. The van der Waals surface area contributed by atoms with Crippen LogP contribution >= 0.6 is 0 Å². The van der Waals surface area contributed by atoms with Gasteiger partial charge in [0.25, 0.3) is 0 Å². The minimum Gasteiger partial charge on any atom is -0.337 e. The third kappa shape index (κ3) is 5.20. The molecule has 1 aromatic carbocycles. The van der Waals surface area contributed by atoms with Crippen LogP contribution in [-0.2, 0) is 27.3 Å². The first-order valence-electron chi connectivity index (χ1n) is 15.5. The summed E-state index contributed by atoms with van der Waals surface area (Å²) in [6.07, 6.45) is 13.8. The van der Waals surface area contributed by atoms with Gasteiger partial charge >= 0.3 is 0 Å². The lowest BCUT2D eigenvalue weighted by molar-refractivity contribution is -0.139. The second-order valence-electron chi connectivity index (χ2n) is 12.7. The van der Waals surface area contributed by atoms with E-state index in [1.807, 2.05) is 35.6 Å². The lowest BCUT2D eigenvalue weighted by Crippen LogP contribution is -2.44. The van der Waals surface area contributed by atoms with Crippen LogP contribution in [0, 0.1) is 12.3 Å². The molecule has 2 aliphatic heterocycles. The minimum absolute atomic E-state index is 0.00991. The van der Waals surface area contributed by atoms with Crippen LogP contribution in [0.3, 0.4) is 0 Å². The van der Waals surface area contributed by atoms with Crippen molar-refractivity contribution in [1.82, 2.24) is 19.4 Å². The second-order valence-corrected chi connectivity index (χ2v) is 12.7. The molecule has 8 nitrogen and oxygen atoms in total. The predicted molar refractivity (Wildman–Crippen MR) is 160 cm³/mol. The van der Waals surface area contributed by atoms with E-state index >= 15 is 0 Å². The van der Waals surface area contributed by atoms with Crippen LogP contribution in [0.1, 0.15) is 99.8 Å². The quantitative estimate of drug-likeness (QED) is 0.369. The number of aromatic nitrogens is 3. The molecule has 3 atom stereocenters. The fraction of sp³-hybridized carbons (Fsp3) is 0.529. The fourth-order valence-electron chi connectivity index (χ4n) is 7.43. The van der Waals surface area contributed by atoms with Gasteiger partial charge in [-0.25, -0.2) is 9.97 Å². The number of piperidine rings is 1. The topological polar surface area (TPSA) is 102 Å². The third-order valence-electron chi connectivity index (χ3n) is 9.83. The van der Waals surface area contributed by atoms with Crippen molar-refractivity contribution in [1.29, 1.82) is 0 Å². The summed E-state index contributed by atoms with van der Waals surface area (Å²) >= 11 is 0. The van der Waals surface area contributed by atoms with Gasteiger partial charge in [-0.1, -0.05) is 19.8 Å². The van der Waals surface area contributed by atoms with Gasteiger partial charge in [-0.3, -0.25) is 19.2 Å². The Bertz CT molecular complexity index is 1570. The molecule has 0 radical (unpaired) electrons.